The molecule has 6 heteroatoms. The number of hydrogen-bond donors (Lipinski definition) is 1. The number of nitrogens with one attached hydrogen (secondary N) is 1. The minimum absolute atomic E-state index is 0.0519. The molecule has 0 unspecified atom stereocenters. The van der Waals surface area contributed by atoms with Crippen molar-refractivity contribution in [3.63, 3.8) is 0 Å². The molecule has 3 rings (SSSR count). The lowest BCUT2D eigenvalue weighted by Crippen LogP contribution is -2.42. The Hall–Kier alpha value is -2.86. The maximum absolute atomic E-state index is 12.5. The van der Waals surface area contributed by atoms with Gasteiger partial charge in [0.1, 0.15) is 0 Å². The molecule has 0 saturated carbocycles. The van der Waals surface area contributed by atoms with Gasteiger partial charge < -0.3 is 5.32 Å². The predicted molar refractivity (Wildman–Crippen MR) is 121 cm³/mol. The van der Waals surface area contributed by atoms with E-state index < -0.39 is 6.04 Å². The number of hydrogen-bond acceptors (Lipinski definition) is 4. The van der Waals surface area contributed by atoms with Gasteiger partial charge in [-0.2, -0.15) is 0 Å². The van der Waals surface area contributed by atoms with Gasteiger partial charge in [-0.05, 0) is 42.5 Å². The fourth-order valence-corrected chi connectivity index (χ4v) is 3.91. The number of ketones is 1. The van der Waals surface area contributed by atoms with Crippen LogP contribution in [0.5, 0.6) is 0 Å². The van der Waals surface area contributed by atoms with E-state index in [1.807, 2.05) is 41.1 Å². The average Bonchev–Trinajstić information content (AvgIpc) is 3.21. The van der Waals surface area contributed by atoms with Gasteiger partial charge in [0, 0.05) is 18.1 Å². The van der Waals surface area contributed by atoms with Crippen LogP contribution in [0.1, 0.15) is 37.8 Å². The van der Waals surface area contributed by atoms with Crippen LogP contribution in [0.15, 0.2) is 72.1 Å². The molecule has 0 aliphatic rings. The summed E-state index contributed by atoms with van der Waals surface area (Å²) in [6.07, 6.45) is 4.10. The van der Waals surface area contributed by atoms with Crippen LogP contribution in [0.3, 0.4) is 0 Å². The molecule has 1 aromatic heterocycles. The zero-order chi connectivity index (χ0) is 21.5. The second-order valence-electron chi connectivity index (χ2n) is 7.54. The van der Waals surface area contributed by atoms with Crippen LogP contribution in [0.4, 0.5) is 0 Å². The van der Waals surface area contributed by atoms with Crippen LogP contribution in [-0.4, -0.2) is 33.0 Å². The van der Waals surface area contributed by atoms with Gasteiger partial charge in [-0.25, -0.2) is 4.98 Å². The van der Waals surface area contributed by atoms with E-state index >= 15 is 0 Å². The quantitative estimate of drug-likeness (QED) is 0.520. The van der Waals surface area contributed by atoms with E-state index in [1.165, 1.54) is 24.2 Å². The highest BCUT2D eigenvalue weighted by molar-refractivity contribution is 7.99. The molecule has 1 atom stereocenters. The SMILES string of the molecule is CC(=O)[C@@H](Cc1ccccc1)NC(=O)CSc1nccn1-c1ccc(C(C)C)cc1. The number of benzene rings is 2. The van der Waals surface area contributed by atoms with E-state index in [0.717, 1.165) is 16.4 Å². The molecule has 0 aliphatic carbocycles. The van der Waals surface area contributed by atoms with Crippen LogP contribution >= 0.6 is 11.8 Å². The zero-order valence-corrected chi connectivity index (χ0v) is 18.4. The van der Waals surface area contributed by atoms with Gasteiger partial charge in [-0.3, -0.25) is 14.2 Å². The van der Waals surface area contributed by atoms with E-state index in [-0.39, 0.29) is 17.4 Å². The molecule has 0 bridgehead atoms. The van der Waals surface area contributed by atoms with Crippen LogP contribution < -0.4 is 5.32 Å². The standard InChI is InChI=1S/C24H27N3O2S/c1-17(2)20-9-11-21(12-10-20)27-14-13-25-24(27)30-16-23(29)26-22(18(3)28)15-19-7-5-4-6-8-19/h4-14,17,22H,15-16H2,1-3H3,(H,26,29)/t22-/m1/s1. The monoisotopic (exact) mass is 421 g/mol. The van der Waals surface area contributed by atoms with E-state index in [9.17, 15) is 9.59 Å². The van der Waals surface area contributed by atoms with Gasteiger partial charge in [0.15, 0.2) is 10.9 Å². The molecule has 2 aromatic carbocycles. The molecule has 0 radical (unpaired) electrons. The topological polar surface area (TPSA) is 64.0 Å². The summed E-state index contributed by atoms with van der Waals surface area (Å²) in [4.78, 5) is 28.9. The Bertz CT molecular complexity index is 981. The number of Topliss-reactive ketones (excluding diaryl/α,β-unsaturated/α-hetero) is 1. The second-order valence-corrected chi connectivity index (χ2v) is 8.48. The first-order valence-corrected chi connectivity index (χ1v) is 11.0. The summed E-state index contributed by atoms with van der Waals surface area (Å²) in [5.41, 5.74) is 3.30. The molecule has 0 spiro atoms. The predicted octanol–water partition coefficient (Wildman–Crippen LogP) is 4.40. The van der Waals surface area contributed by atoms with Crippen LogP contribution in [0.2, 0.25) is 0 Å². The van der Waals surface area contributed by atoms with Crippen molar-refractivity contribution in [2.45, 2.75) is 44.3 Å². The van der Waals surface area contributed by atoms with Crippen LogP contribution in [-0.2, 0) is 16.0 Å². The Kier molecular flexibility index (Phi) is 7.46. The Labute approximate surface area is 181 Å². The summed E-state index contributed by atoms with van der Waals surface area (Å²) in [6, 6.07) is 17.5. The lowest BCUT2D eigenvalue weighted by atomic mass is 10.0. The Morgan fingerprint density at radius 3 is 2.40 bits per heavy atom. The number of carbonyl (C=O) groups is 2. The minimum Gasteiger partial charge on any atom is -0.345 e. The molecule has 3 aromatic rings. The fraction of sp³-hybridized carbons (Fsp3) is 0.292. The Balaban J connectivity index is 1.61. The maximum atomic E-state index is 12.5. The number of rotatable bonds is 9. The summed E-state index contributed by atoms with van der Waals surface area (Å²) >= 11 is 1.36. The summed E-state index contributed by atoms with van der Waals surface area (Å²) < 4.78 is 1.97. The normalized spacial score (nSPS) is 12.0. The number of imidazole rings is 1. The van der Waals surface area contributed by atoms with Crippen molar-refractivity contribution < 1.29 is 9.59 Å². The molecule has 5 nitrogen and oxygen atoms in total. The number of aromatic nitrogens is 2. The second kappa shape index (κ2) is 10.3. The highest BCUT2D eigenvalue weighted by atomic mass is 32.2. The molecule has 0 saturated heterocycles. The molecular formula is C24H27N3O2S. The molecule has 1 heterocycles. The van der Waals surface area contributed by atoms with Crippen molar-refractivity contribution in [1.82, 2.24) is 14.9 Å². The van der Waals surface area contributed by atoms with Gasteiger partial charge in [0.25, 0.3) is 0 Å². The van der Waals surface area contributed by atoms with Crippen LogP contribution in [0, 0.1) is 0 Å². The maximum Gasteiger partial charge on any atom is 0.231 e. The van der Waals surface area contributed by atoms with Gasteiger partial charge in [0.05, 0.1) is 11.8 Å². The fourth-order valence-electron chi connectivity index (χ4n) is 3.13. The van der Waals surface area contributed by atoms with Gasteiger partial charge in [-0.15, -0.1) is 0 Å². The van der Waals surface area contributed by atoms with E-state index in [0.29, 0.717) is 12.3 Å². The summed E-state index contributed by atoms with van der Waals surface area (Å²) in [5.74, 6) is 0.439. The minimum atomic E-state index is -0.524. The van der Waals surface area contributed by atoms with Crippen molar-refractivity contribution in [2.75, 3.05) is 5.75 Å². The lowest BCUT2D eigenvalue weighted by Gasteiger charge is -2.16. The number of amides is 1. The van der Waals surface area contributed by atoms with Gasteiger partial charge >= 0.3 is 0 Å². The van der Waals surface area contributed by atoms with Crippen LogP contribution in [0.25, 0.3) is 5.69 Å². The number of carbonyl (C=O) groups excluding carboxylic acids is 2. The van der Waals surface area contributed by atoms with Crippen molar-refractivity contribution >= 4 is 23.5 Å². The van der Waals surface area contributed by atoms with Gasteiger partial charge in [-0.1, -0.05) is 68.1 Å². The average molecular weight is 422 g/mol. The first-order valence-electron chi connectivity index (χ1n) is 10.0. The highest BCUT2D eigenvalue weighted by Crippen LogP contribution is 2.22. The van der Waals surface area contributed by atoms with Crippen molar-refractivity contribution in [3.8, 4) is 5.69 Å². The molecule has 1 N–H and O–H groups in total. The number of nitrogens with zero attached hydrogens (tertiary/aromatic N) is 2. The third-order valence-corrected chi connectivity index (χ3v) is 5.85. The molecule has 1 amide bonds. The van der Waals surface area contributed by atoms with Gasteiger partial charge in [0.2, 0.25) is 5.91 Å². The molecule has 156 valence electrons. The molecule has 0 aliphatic heterocycles. The molecule has 0 fully saturated rings. The zero-order valence-electron chi connectivity index (χ0n) is 17.5. The first kappa shape index (κ1) is 21.8. The van der Waals surface area contributed by atoms with E-state index in [4.69, 9.17) is 0 Å². The Morgan fingerprint density at radius 1 is 1.07 bits per heavy atom. The summed E-state index contributed by atoms with van der Waals surface area (Å²) in [7, 11) is 0. The lowest BCUT2D eigenvalue weighted by molar-refractivity contribution is -0.125. The Morgan fingerprint density at radius 2 is 1.77 bits per heavy atom. The van der Waals surface area contributed by atoms with E-state index in [2.05, 4.69) is 48.4 Å². The van der Waals surface area contributed by atoms with Crippen molar-refractivity contribution in [1.29, 1.82) is 0 Å². The highest BCUT2D eigenvalue weighted by Gasteiger charge is 2.18. The van der Waals surface area contributed by atoms with Crippen molar-refractivity contribution in [2.24, 2.45) is 0 Å². The number of thioether (sulfide) groups is 1. The van der Waals surface area contributed by atoms with E-state index in [1.54, 1.807) is 6.20 Å². The third-order valence-electron chi connectivity index (χ3n) is 4.89. The first-order chi connectivity index (χ1) is 14.4. The molecular weight excluding hydrogens is 394 g/mol. The largest absolute Gasteiger partial charge is 0.345 e. The smallest absolute Gasteiger partial charge is 0.231 e. The molecule has 30 heavy (non-hydrogen) atoms. The summed E-state index contributed by atoms with van der Waals surface area (Å²) in [6.45, 7) is 5.84. The van der Waals surface area contributed by atoms with Crippen molar-refractivity contribution in [3.05, 3.63) is 78.1 Å². The third kappa shape index (κ3) is 5.83. The summed E-state index contributed by atoms with van der Waals surface area (Å²) in [5, 5.41) is 3.60.